The lowest BCUT2D eigenvalue weighted by atomic mass is 10.0. The van der Waals surface area contributed by atoms with E-state index in [2.05, 4.69) is 55.2 Å². The zero-order valence-corrected chi connectivity index (χ0v) is 19.1. The van der Waals surface area contributed by atoms with Crippen molar-refractivity contribution in [2.75, 3.05) is 13.2 Å². The van der Waals surface area contributed by atoms with Crippen LogP contribution in [0.5, 0.6) is 5.75 Å². The summed E-state index contributed by atoms with van der Waals surface area (Å²) >= 11 is 2.15. The molecule has 2 rings (SSSR count). The molecule has 1 N–H and O–H groups in total. The molecule has 0 bridgehead atoms. The number of halogens is 2. The molecule has 0 unspecified atom stereocenters. The minimum Gasteiger partial charge on any atom is -0.506 e. The Balaban J connectivity index is 0.00000364. The van der Waals surface area contributed by atoms with Crippen LogP contribution in [0.4, 0.5) is 0 Å². The lowest BCUT2D eigenvalue weighted by Crippen LogP contribution is -2.39. The molecule has 0 aliphatic carbocycles. The van der Waals surface area contributed by atoms with Gasteiger partial charge in [0, 0.05) is 27.8 Å². The molecule has 0 saturated heterocycles. The van der Waals surface area contributed by atoms with Gasteiger partial charge in [0.25, 0.3) is 0 Å². The molecule has 27 heavy (non-hydrogen) atoms. The van der Waals surface area contributed by atoms with Crippen molar-refractivity contribution in [2.24, 2.45) is 0 Å². The fraction of sp³-hybridized carbons (Fsp3) is 0.381. The molecule has 0 heterocycles. The van der Waals surface area contributed by atoms with Crippen LogP contribution in [0, 0.1) is 3.57 Å². The summed E-state index contributed by atoms with van der Waals surface area (Å²) in [5, 5.41) is 10.6. The van der Waals surface area contributed by atoms with E-state index in [9.17, 15) is 9.90 Å². The smallest absolute Gasteiger partial charge is 0.342 e. The lowest BCUT2D eigenvalue weighted by molar-refractivity contribution is 0.0414. The number of carbonyl (C=O) groups is 1. The molecule has 2 aromatic rings. The van der Waals surface area contributed by atoms with Gasteiger partial charge in [-0.25, -0.2) is 4.79 Å². The lowest BCUT2D eigenvalue weighted by Gasteiger charge is -2.30. The molecule has 0 radical (unpaired) electrons. The summed E-state index contributed by atoms with van der Waals surface area (Å²) < 4.78 is 6.31. The van der Waals surface area contributed by atoms with Gasteiger partial charge in [-0.15, -0.1) is 12.4 Å². The molecule has 0 spiro atoms. The number of phenols is 1. The SMILES string of the molecule is CC(C)N(CCOC(=O)c1cc(I)cc(-c2ccccc2)c1O)C(C)C.Cl. The molecule has 148 valence electrons. The predicted molar refractivity (Wildman–Crippen MR) is 121 cm³/mol. The van der Waals surface area contributed by atoms with E-state index >= 15 is 0 Å². The second kappa shape index (κ2) is 10.9. The number of carbonyl (C=O) groups excluding carboxylic acids is 1. The highest BCUT2D eigenvalue weighted by Crippen LogP contribution is 2.34. The first-order valence-electron chi connectivity index (χ1n) is 8.82. The highest BCUT2D eigenvalue weighted by Gasteiger charge is 2.19. The van der Waals surface area contributed by atoms with Crippen LogP contribution in [0.25, 0.3) is 11.1 Å². The van der Waals surface area contributed by atoms with Gasteiger partial charge in [-0.05, 0) is 68.0 Å². The number of nitrogens with zero attached hydrogens (tertiary/aromatic N) is 1. The van der Waals surface area contributed by atoms with E-state index in [1.165, 1.54) is 0 Å². The highest BCUT2D eigenvalue weighted by molar-refractivity contribution is 14.1. The normalized spacial score (nSPS) is 11.0. The fourth-order valence-corrected chi connectivity index (χ4v) is 3.65. The van der Waals surface area contributed by atoms with Crippen LogP contribution in [0.2, 0.25) is 0 Å². The van der Waals surface area contributed by atoms with Crippen LogP contribution in [-0.2, 0) is 4.74 Å². The highest BCUT2D eigenvalue weighted by atomic mass is 127. The molecule has 0 amide bonds. The van der Waals surface area contributed by atoms with Gasteiger partial charge >= 0.3 is 5.97 Å². The van der Waals surface area contributed by atoms with Gasteiger partial charge < -0.3 is 9.84 Å². The predicted octanol–water partition coefficient (Wildman–Crippen LogP) is 5.36. The van der Waals surface area contributed by atoms with Crippen molar-refractivity contribution in [3.8, 4) is 16.9 Å². The summed E-state index contributed by atoms with van der Waals surface area (Å²) in [5.41, 5.74) is 1.70. The maximum atomic E-state index is 12.5. The van der Waals surface area contributed by atoms with Crippen molar-refractivity contribution in [3.05, 3.63) is 51.6 Å². The average Bonchev–Trinajstić information content (AvgIpc) is 2.60. The van der Waals surface area contributed by atoms with Gasteiger partial charge in [-0.3, -0.25) is 4.90 Å². The molecular weight excluding hydrogens is 477 g/mol. The first-order valence-corrected chi connectivity index (χ1v) is 9.90. The molecular formula is C21H27ClINO3. The van der Waals surface area contributed by atoms with E-state index in [0.29, 0.717) is 30.8 Å². The number of benzene rings is 2. The van der Waals surface area contributed by atoms with Crippen molar-refractivity contribution < 1.29 is 14.6 Å². The minimum atomic E-state index is -0.495. The standard InChI is InChI=1S/C21H26INO3.ClH/c1-14(2)23(15(3)4)10-11-26-21(25)19-13-17(22)12-18(20(19)24)16-8-6-5-7-9-16;/h5-9,12-15,24H,10-11H2,1-4H3;1H. The zero-order valence-electron chi connectivity index (χ0n) is 16.1. The summed E-state index contributed by atoms with van der Waals surface area (Å²) in [6.07, 6.45) is 0. The third-order valence-electron chi connectivity index (χ3n) is 4.29. The first-order chi connectivity index (χ1) is 12.3. The van der Waals surface area contributed by atoms with Gasteiger partial charge in [0.05, 0.1) is 0 Å². The summed E-state index contributed by atoms with van der Waals surface area (Å²) in [4.78, 5) is 14.8. The molecule has 0 aliphatic rings. The Morgan fingerprint density at radius 1 is 1.11 bits per heavy atom. The van der Waals surface area contributed by atoms with Crippen LogP contribution in [0.15, 0.2) is 42.5 Å². The summed E-state index contributed by atoms with van der Waals surface area (Å²) in [6, 6.07) is 13.8. The Labute approximate surface area is 181 Å². The second-order valence-electron chi connectivity index (χ2n) is 6.78. The van der Waals surface area contributed by atoms with E-state index in [1.54, 1.807) is 6.07 Å². The van der Waals surface area contributed by atoms with Crippen molar-refractivity contribution >= 4 is 41.0 Å². The Hall–Kier alpha value is -1.31. The molecule has 0 fully saturated rings. The van der Waals surface area contributed by atoms with Gasteiger partial charge in [0.2, 0.25) is 0 Å². The Morgan fingerprint density at radius 3 is 2.26 bits per heavy atom. The van der Waals surface area contributed by atoms with Crippen LogP contribution in [0.1, 0.15) is 38.1 Å². The van der Waals surface area contributed by atoms with Crippen LogP contribution in [-0.4, -0.2) is 41.2 Å². The Bertz CT molecular complexity index is 743. The van der Waals surface area contributed by atoms with E-state index < -0.39 is 5.97 Å². The minimum absolute atomic E-state index is 0. The van der Waals surface area contributed by atoms with Gasteiger partial charge in [0.1, 0.15) is 17.9 Å². The topological polar surface area (TPSA) is 49.8 Å². The van der Waals surface area contributed by atoms with Crippen LogP contribution < -0.4 is 0 Å². The van der Waals surface area contributed by atoms with Crippen molar-refractivity contribution in [2.45, 2.75) is 39.8 Å². The first kappa shape index (κ1) is 23.7. The van der Waals surface area contributed by atoms with E-state index in [0.717, 1.165) is 9.13 Å². The number of hydrogen-bond donors (Lipinski definition) is 1. The number of ether oxygens (including phenoxy) is 1. The maximum Gasteiger partial charge on any atom is 0.342 e. The Morgan fingerprint density at radius 2 is 1.70 bits per heavy atom. The van der Waals surface area contributed by atoms with Gasteiger partial charge in [0.15, 0.2) is 0 Å². The van der Waals surface area contributed by atoms with Gasteiger partial charge in [-0.1, -0.05) is 30.3 Å². The zero-order chi connectivity index (χ0) is 19.3. The number of rotatable bonds is 7. The molecule has 0 atom stereocenters. The monoisotopic (exact) mass is 503 g/mol. The largest absolute Gasteiger partial charge is 0.506 e. The fourth-order valence-electron chi connectivity index (χ4n) is 3.03. The quantitative estimate of drug-likeness (QED) is 0.408. The molecule has 0 aliphatic heterocycles. The van der Waals surface area contributed by atoms with Crippen molar-refractivity contribution in [1.82, 2.24) is 4.90 Å². The second-order valence-corrected chi connectivity index (χ2v) is 8.02. The number of esters is 1. The van der Waals surface area contributed by atoms with Gasteiger partial charge in [-0.2, -0.15) is 0 Å². The number of phenolic OH excluding ortho intramolecular Hbond substituents is 1. The number of aromatic hydroxyl groups is 1. The molecule has 2 aromatic carbocycles. The van der Waals surface area contributed by atoms with E-state index in [4.69, 9.17) is 4.74 Å². The summed E-state index contributed by atoms with van der Waals surface area (Å²) in [5.74, 6) is -0.531. The average molecular weight is 504 g/mol. The molecule has 4 nitrogen and oxygen atoms in total. The molecule has 0 aromatic heterocycles. The van der Waals surface area contributed by atoms with Crippen LogP contribution >= 0.6 is 35.0 Å². The van der Waals surface area contributed by atoms with E-state index in [1.807, 2.05) is 36.4 Å². The van der Waals surface area contributed by atoms with Crippen molar-refractivity contribution in [3.63, 3.8) is 0 Å². The Kier molecular flexibility index (Phi) is 9.56. The van der Waals surface area contributed by atoms with E-state index in [-0.39, 0.29) is 23.7 Å². The maximum absolute atomic E-state index is 12.5. The van der Waals surface area contributed by atoms with Crippen molar-refractivity contribution in [1.29, 1.82) is 0 Å². The third-order valence-corrected chi connectivity index (χ3v) is 4.91. The van der Waals surface area contributed by atoms with Crippen LogP contribution in [0.3, 0.4) is 0 Å². The third kappa shape index (κ3) is 6.36. The molecule has 0 saturated carbocycles. The number of hydrogen-bond acceptors (Lipinski definition) is 4. The molecule has 6 heteroatoms. The summed E-state index contributed by atoms with van der Waals surface area (Å²) in [6.45, 7) is 9.45. The summed E-state index contributed by atoms with van der Waals surface area (Å²) in [7, 11) is 0.